The van der Waals surface area contributed by atoms with E-state index >= 15 is 0 Å². The van der Waals surface area contributed by atoms with Crippen LogP contribution in [0.5, 0.6) is 0 Å². The molecule has 1 aliphatic rings. The van der Waals surface area contributed by atoms with Crippen molar-refractivity contribution in [3.63, 3.8) is 0 Å². The quantitative estimate of drug-likeness (QED) is 0.760. The summed E-state index contributed by atoms with van der Waals surface area (Å²) in [4.78, 5) is 34.3. The smallest absolute Gasteiger partial charge is 0.327 e. The number of nitrogens with one attached hydrogen (secondary N) is 2. The molecule has 2 unspecified atom stereocenters. The second-order valence-electron chi connectivity index (χ2n) is 4.34. The molecule has 0 saturated carbocycles. The molecule has 0 radical (unpaired) electrons. The van der Waals surface area contributed by atoms with Crippen molar-refractivity contribution in [2.24, 2.45) is 0 Å². The van der Waals surface area contributed by atoms with Gasteiger partial charge in [-0.3, -0.25) is 9.59 Å². The van der Waals surface area contributed by atoms with Gasteiger partial charge in [0.15, 0.2) is 0 Å². The molecule has 2 atom stereocenters. The Kier molecular flexibility index (Phi) is 4.62. The first-order valence-electron chi connectivity index (χ1n) is 6.06. The maximum atomic E-state index is 11.8. The Balaban J connectivity index is 1.86. The van der Waals surface area contributed by atoms with Crippen LogP contribution in [-0.2, 0) is 14.4 Å². The SMILES string of the molecule is O=C(CC1SCC(C(=O)O)NC1=O)Nc1ccccc1. The molecule has 1 aromatic rings. The molecule has 3 N–H and O–H groups in total. The average molecular weight is 294 g/mol. The highest BCUT2D eigenvalue weighted by atomic mass is 32.2. The minimum atomic E-state index is -1.06. The molecule has 1 aliphatic heterocycles. The molecular weight excluding hydrogens is 280 g/mol. The van der Waals surface area contributed by atoms with Crippen molar-refractivity contribution in [3.8, 4) is 0 Å². The molecule has 0 aromatic heterocycles. The predicted octanol–water partition coefficient (Wildman–Crippen LogP) is 0.700. The predicted molar refractivity (Wildman–Crippen MR) is 75.5 cm³/mol. The lowest BCUT2D eigenvalue weighted by atomic mass is 10.2. The second-order valence-corrected chi connectivity index (χ2v) is 5.58. The van der Waals surface area contributed by atoms with Crippen LogP contribution in [0.25, 0.3) is 0 Å². The second kappa shape index (κ2) is 6.42. The highest BCUT2D eigenvalue weighted by molar-refractivity contribution is 8.00. The minimum absolute atomic E-state index is 0.0255. The van der Waals surface area contributed by atoms with Gasteiger partial charge in [0.05, 0.1) is 5.25 Å². The van der Waals surface area contributed by atoms with Gasteiger partial charge in [-0.1, -0.05) is 18.2 Å². The number of benzene rings is 1. The van der Waals surface area contributed by atoms with Gasteiger partial charge in [0.25, 0.3) is 0 Å². The lowest BCUT2D eigenvalue weighted by Crippen LogP contribution is -2.51. The fourth-order valence-corrected chi connectivity index (χ4v) is 2.92. The van der Waals surface area contributed by atoms with Crippen molar-refractivity contribution < 1.29 is 19.5 Å². The molecule has 1 saturated heterocycles. The largest absolute Gasteiger partial charge is 0.480 e. The summed E-state index contributed by atoms with van der Waals surface area (Å²) in [5.74, 6) is -1.46. The molecule has 0 bridgehead atoms. The molecule has 20 heavy (non-hydrogen) atoms. The number of carboxylic acid groups (broad SMARTS) is 1. The molecule has 0 aliphatic carbocycles. The normalized spacial score (nSPS) is 21.9. The van der Waals surface area contributed by atoms with Gasteiger partial charge in [-0.15, -0.1) is 11.8 Å². The molecule has 6 nitrogen and oxygen atoms in total. The topological polar surface area (TPSA) is 95.5 Å². The van der Waals surface area contributed by atoms with Gasteiger partial charge >= 0.3 is 5.97 Å². The van der Waals surface area contributed by atoms with Crippen LogP contribution in [0, 0.1) is 0 Å². The summed E-state index contributed by atoms with van der Waals surface area (Å²) in [6.45, 7) is 0. The third-order valence-corrected chi connectivity index (χ3v) is 4.11. The summed E-state index contributed by atoms with van der Waals surface area (Å²) in [6.07, 6.45) is 0.0255. The van der Waals surface area contributed by atoms with Crippen LogP contribution in [0.1, 0.15) is 6.42 Å². The van der Waals surface area contributed by atoms with Crippen LogP contribution in [0.4, 0.5) is 5.69 Å². The van der Waals surface area contributed by atoms with E-state index in [-0.39, 0.29) is 18.1 Å². The van der Waals surface area contributed by atoms with E-state index in [9.17, 15) is 14.4 Å². The highest BCUT2D eigenvalue weighted by Gasteiger charge is 2.33. The van der Waals surface area contributed by atoms with Gasteiger partial charge in [-0.2, -0.15) is 0 Å². The molecule has 2 amide bonds. The monoisotopic (exact) mass is 294 g/mol. The van der Waals surface area contributed by atoms with E-state index in [0.717, 1.165) is 0 Å². The molecular formula is C13H14N2O4S. The Morgan fingerprint density at radius 1 is 1.35 bits per heavy atom. The minimum Gasteiger partial charge on any atom is -0.480 e. The third kappa shape index (κ3) is 3.74. The Labute approximate surface area is 119 Å². The Bertz CT molecular complexity index is 520. The number of anilines is 1. The number of carbonyl (C=O) groups is 3. The first-order chi connectivity index (χ1) is 9.56. The molecule has 1 heterocycles. The molecule has 0 spiro atoms. The van der Waals surface area contributed by atoms with E-state index in [1.54, 1.807) is 24.3 Å². The van der Waals surface area contributed by atoms with E-state index in [4.69, 9.17) is 5.11 Å². The zero-order valence-electron chi connectivity index (χ0n) is 10.5. The summed E-state index contributed by atoms with van der Waals surface area (Å²) in [6, 6.07) is 8.08. The fraction of sp³-hybridized carbons (Fsp3) is 0.308. The number of hydrogen-bond donors (Lipinski definition) is 3. The number of thioether (sulfide) groups is 1. The number of aliphatic carboxylic acids is 1. The third-order valence-electron chi connectivity index (χ3n) is 2.80. The Morgan fingerprint density at radius 3 is 2.65 bits per heavy atom. The van der Waals surface area contributed by atoms with Crippen molar-refractivity contribution in [2.75, 3.05) is 11.1 Å². The van der Waals surface area contributed by atoms with Crippen LogP contribution < -0.4 is 10.6 Å². The van der Waals surface area contributed by atoms with E-state index in [1.165, 1.54) is 11.8 Å². The zero-order valence-corrected chi connectivity index (χ0v) is 11.4. The van der Waals surface area contributed by atoms with Crippen LogP contribution in [-0.4, -0.2) is 39.9 Å². The summed E-state index contributed by atoms with van der Waals surface area (Å²) in [5, 5.41) is 13.4. The fourth-order valence-electron chi connectivity index (χ4n) is 1.78. The number of hydrogen-bond acceptors (Lipinski definition) is 4. The number of para-hydroxylation sites is 1. The van der Waals surface area contributed by atoms with Crippen molar-refractivity contribution in [2.45, 2.75) is 17.7 Å². The Hall–Kier alpha value is -2.02. The zero-order chi connectivity index (χ0) is 14.5. The van der Waals surface area contributed by atoms with E-state index in [0.29, 0.717) is 5.69 Å². The van der Waals surface area contributed by atoms with E-state index in [2.05, 4.69) is 10.6 Å². The van der Waals surface area contributed by atoms with Crippen LogP contribution >= 0.6 is 11.8 Å². The first-order valence-corrected chi connectivity index (χ1v) is 7.11. The van der Waals surface area contributed by atoms with E-state index < -0.39 is 23.2 Å². The van der Waals surface area contributed by atoms with Crippen LogP contribution in [0.3, 0.4) is 0 Å². The number of carboxylic acids is 1. The standard InChI is InChI=1S/C13H14N2O4S/c16-11(14-8-4-2-1-3-5-8)6-10-12(17)15-9(7-20-10)13(18)19/h1-5,9-10H,6-7H2,(H,14,16)(H,15,17)(H,18,19). The summed E-state index contributed by atoms with van der Waals surface area (Å²) in [7, 11) is 0. The Morgan fingerprint density at radius 2 is 2.05 bits per heavy atom. The van der Waals surface area contributed by atoms with Gasteiger partial charge in [-0.05, 0) is 12.1 Å². The summed E-state index contributed by atoms with van der Waals surface area (Å²) >= 11 is 1.19. The molecule has 1 fully saturated rings. The van der Waals surface area contributed by atoms with Crippen molar-refractivity contribution >= 4 is 35.2 Å². The number of rotatable bonds is 4. The van der Waals surface area contributed by atoms with Gasteiger partial charge in [0, 0.05) is 17.9 Å². The van der Waals surface area contributed by atoms with Gasteiger partial charge < -0.3 is 15.7 Å². The summed E-state index contributed by atoms with van der Waals surface area (Å²) in [5.41, 5.74) is 0.669. The average Bonchev–Trinajstić information content (AvgIpc) is 2.42. The van der Waals surface area contributed by atoms with Crippen molar-refractivity contribution in [1.82, 2.24) is 5.32 Å². The number of amides is 2. The van der Waals surface area contributed by atoms with Gasteiger partial charge in [0.1, 0.15) is 6.04 Å². The molecule has 1 aromatic carbocycles. The van der Waals surface area contributed by atoms with E-state index in [1.807, 2.05) is 6.07 Å². The molecule has 2 rings (SSSR count). The van der Waals surface area contributed by atoms with Crippen LogP contribution in [0.15, 0.2) is 30.3 Å². The summed E-state index contributed by atoms with van der Waals surface area (Å²) < 4.78 is 0. The van der Waals surface area contributed by atoms with Gasteiger partial charge in [0.2, 0.25) is 11.8 Å². The lowest BCUT2D eigenvalue weighted by molar-refractivity contribution is -0.141. The molecule has 106 valence electrons. The van der Waals surface area contributed by atoms with Crippen molar-refractivity contribution in [1.29, 1.82) is 0 Å². The maximum Gasteiger partial charge on any atom is 0.327 e. The van der Waals surface area contributed by atoms with Crippen LogP contribution in [0.2, 0.25) is 0 Å². The maximum absolute atomic E-state index is 11.8. The molecule has 7 heteroatoms. The first kappa shape index (κ1) is 14.4. The highest BCUT2D eigenvalue weighted by Crippen LogP contribution is 2.21. The lowest BCUT2D eigenvalue weighted by Gasteiger charge is -2.25. The number of carbonyl (C=O) groups excluding carboxylic acids is 2. The van der Waals surface area contributed by atoms with Gasteiger partial charge in [-0.25, -0.2) is 4.79 Å². The van der Waals surface area contributed by atoms with Crippen molar-refractivity contribution in [3.05, 3.63) is 30.3 Å².